The summed E-state index contributed by atoms with van der Waals surface area (Å²) in [5, 5.41) is 11.9. The van der Waals surface area contributed by atoms with E-state index in [1.54, 1.807) is 29.2 Å². The average molecular weight is 458 g/mol. The van der Waals surface area contributed by atoms with Gasteiger partial charge < -0.3 is 19.7 Å². The third-order valence-electron chi connectivity index (χ3n) is 4.33. The van der Waals surface area contributed by atoms with E-state index in [1.165, 1.54) is 0 Å². The number of hydrogen-bond acceptors (Lipinski definition) is 5. The van der Waals surface area contributed by atoms with Gasteiger partial charge in [-0.25, -0.2) is 0 Å². The van der Waals surface area contributed by atoms with Crippen LogP contribution in [0.15, 0.2) is 40.9 Å². The Balaban J connectivity index is 1.72. The standard InChI is InChI=1S/C21H20BrN3O4/c1-2-28-18-11-14(12-23)10-15(22)21(18)29-13-19(26)24-16-6-3-4-7-17(16)25-9-5-8-20(25)27/h3-4,6-7,10-11H,2,5,8-9,13H2,1H3,(H,24,26). The minimum Gasteiger partial charge on any atom is -0.490 e. The lowest BCUT2D eigenvalue weighted by atomic mass is 10.2. The predicted molar refractivity (Wildman–Crippen MR) is 112 cm³/mol. The van der Waals surface area contributed by atoms with Gasteiger partial charge in [-0.05, 0) is 47.5 Å². The van der Waals surface area contributed by atoms with E-state index in [4.69, 9.17) is 14.7 Å². The van der Waals surface area contributed by atoms with Crippen molar-refractivity contribution >= 4 is 39.1 Å². The highest BCUT2D eigenvalue weighted by molar-refractivity contribution is 9.10. The molecule has 3 rings (SSSR count). The van der Waals surface area contributed by atoms with Gasteiger partial charge in [-0.3, -0.25) is 9.59 Å². The number of hydrogen-bond donors (Lipinski definition) is 1. The number of carbonyl (C=O) groups excluding carboxylic acids is 2. The van der Waals surface area contributed by atoms with E-state index in [0.717, 1.165) is 6.42 Å². The van der Waals surface area contributed by atoms with Gasteiger partial charge in [0.15, 0.2) is 18.1 Å². The molecule has 1 heterocycles. The fourth-order valence-electron chi connectivity index (χ4n) is 3.08. The minimum atomic E-state index is -0.372. The third kappa shape index (κ3) is 4.87. The van der Waals surface area contributed by atoms with Gasteiger partial charge in [-0.2, -0.15) is 5.26 Å². The maximum Gasteiger partial charge on any atom is 0.262 e. The Morgan fingerprint density at radius 3 is 2.79 bits per heavy atom. The van der Waals surface area contributed by atoms with Crippen LogP contribution in [0.1, 0.15) is 25.3 Å². The van der Waals surface area contributed by atoms with E-state index >= 15 is 0 Å². The van der Waals surface area contributed by atoms with Gasteiger partial charge in [0.1, 0.15) is 0 Å². The molecule has 1 fully saturated rings. The Kier molecular flexibility index (Phi) is 6.73. The zero-order chi connectivity index (χ0) is 20.8. The summed E-state index contributed by atoms with van der Waals surface area (Å²) in [5.41, 5.74) is 1.65. The molecule has 8 heteroatoms. The number of nitrogens with zero attached hydrogens (tertiary/aromatic N) is 2. The fourth-order valence-corrected chi connectivity index (χ4v) is 3.63. The highest BCUT2D eigenvalue weighted by Gasteiger charge is 2.24. The lowest BCUT2D eigenvalue weighted by Crippen LogP contribution is -2.27. The molecule has 0 bridgehead atoms. The van der Waals surface area contributed by atoms with E-state index in [1.807, 2.05) is 19.1 Å². The predicted octanol–water partition coefficient (Wildman–Crippen LogP) is 3.86. The number of amides is 2. The van der Waals surface area contributed by atoms with Crippen molar-refractivity contribution in [1.82, 2.24) is 0 Å². The van der Waals surface area contributed by atoms with Gasteiger partial charge in [0.25, 0.3) is 5.91 Å². The van der Waals surface area contributed by atoms with Gasteiger partial charge in [0.2, 0.25) is 5.91 Å². The Morgan fingerprint density at radius 2 is 2.10 bits per heavy atom. The first-order valence-corrected chi connectivity index (χ1v) is 10.0. The first-order chi connectivity index (χ1) is 14.0. The monoisotopic (exact) mass is 457 g/mol. The van der Waals surface area contributed by atoms with Crippen LogP contribution in [0.3, 0.4) is 0 Å². The third-order valence-corrected chi connectivity index (χ3v) is 4.92. The zero-order valence-corrected chi connectivity index (χ0v) is 17.5. The van der Waals surface area contributed by atoms with Crippen LogP contribution >= 0.6 is 15.9 Å². The molecule has 2 aromatic rings. The molecule has 0 spiro atoms. The Hall–Kier alpha value is -3.05. The van der Waals surface area contributed by atoms with E-state index in [0.29, 0.717) is 52.5 Å². The summed E-state index contributed by atoms with van der Waals surface area (Å²) >= 11 is 3.36. The average Bonchev–Trinajstić information content (AvgIpc) is 3.13. The Bertz CT molecular complexity index is 971. The van der Waals surface area contributed by atoms with Gasteiger partial charge in [0, 0.05) is 19.0 Å². The molecule has 150 valence electrons. The number of para-hydroxylation sites is 2. The maximum atomic E-state index is 12.5. The van der Waals surface area contributed by atoms with Gasteiger partial charge >= 0.3 is 0 Å². The Morgan fingerprint density at radius 1 is 1.31 bits per heavy atom. The number of nitriles is 1. The lowest BCUT2D eigenvalue weighted by Gasteiger charge is -2.20. The SMILES string of the molecule is CCOc1cc(C#N)cc(Br)c1OCC(=O)Nc1ccccc1N1CCCC1=O. The van der Waals surface area contributed by atoms with Gasteiger partial charge in [-0.15, -0.1) is 0 Å². The van der Waals surface area contributed by atoms with Crippen molar-refractivity contribution in [2.75, 3.05) is 30.0 Å². The highest BCUT2D eigenvalue weighted by Crippen LogP contribution is 2.37. The number of halogens is 1. The summed E-state index contributed by atoms with van der Waals surface area (Å²) in [7, 11) is 0. The number of ether oxygens (including phenoxy) is 2. The van der Waals surface area contributed by atoms with Crippen LogP contribution in [-0.2, 0) is 9.59 Å². The molecule has 0 saturated carbocycles. The summed E-state index contributed by atoms with van der Waals surface area (Å²) < 4.78 is 11.7. The summed E-state index contributed by atoms with van der Waals surface area (Å²) in [4.78, 5) is 26.2. The van der Waals surface area contributed by atoms with Crippen molar-refractivity contribution < 1.29 is 19.1 Å². The lowest BCUT2D eigenvalue weighted by molar-refractivity contribution is -0.118. The zero-order valence-electron chi connectivity index (χ0n) is 15.9. The maximum absolute atomic E-state index is 12.5. The first-order valence-electron chi connectivity index (χ1n) is 9.22. The second-order valence-electron chi connectivity index (χ2n) is 6.33. The highest BCUT2D eigenvalue weighted by atomic mass is 79.9. The molecule has 1 N–H and O–H groups in total. The summed E-state index contributed by atoms with van der Waals surface area (Å²) in [6.07, 6.45) is 1.31. The molecule has 0 atom stereocenters. The first kappa shape index (κ1) is 20.7. The van der Waals surface area contributed by atoms with Crippen LogP contribution in [0.4, 0.5) is 11.4 Å². The van der Waals surface area contributed by atoms with Crippen LogP contribution in [0, 0.1) is 11.3 Å². The van der Waals surface area contributed by atoms with E-state index in [-0.39, 0.29) is 18.4 Å². The fraction of sp³-hybridized carbons (Fsp3) is 0.286. The molecule has 0 aliphatic carbocycles. The van der Waals surface area contributed by atoms with Crippen LogP contribution in [0.25, 0.3) is 0 Å². The molecule has 1 aliphatic heterocycles. The second kappa shape index (κ2) is 9.43. The number of rotatable bonds is 7. The molecule has 0 radical (unpaired) electrons. The minimum absolute atomic E-state index is 0.0471. The van der Waals surface area contributed by atoms with Crippen LogP contribution in [0.2, 0.25) is 0 Å². The van der Waals surface area contributed by atoms with Crippen molar-refractivity contribution in [3.63, 3.8) is 0 Å². The van der Waals surface area contributed by atoms with Crippen molar-refractivity contribution in [2.24, 2.45) is 0 Å². The molecular formula is C21H20BrN3O4. The van der Waals surface area contributed by atoms with Gasteiger partial charge in [0.05, 0.1) is 34.1 Å². The van der Waals surface area contributed by atoms with E-state index < -0.39 is 0 Å². The summed E-state index contributed by atoms with van der Waals surface area (Å²) in [5.74, 6) is 0.409. The molecule has 0 unspecified atom stereocenters. The number of benzene rings is 2. The number of nitrogens with one attached hydrogen (secondary N) is 1. The molecule has 0 aromatic heterocycles. The smallest absolute Gasteiger partial charge is 0.262 e. The van der Waals surface area contributed by atoms with Crippen molar-refractivity contribution in [2.45, 2.75) is 19.8 Å². The molecule has 1 saturated heterocycles. The van der Waals surface area contributed by atoms with Crippen molar-refractivity contribution in [3.8, 4) is 17.6 Å². The largest absolute Gasteiger partial charge is 0.490 e. The molecule has 2 amide bonds. The van der Waals surface area contributed by atoms with Crippen LogP contribution < -0.4 is 19.7 Å². The van der Waals surface area contributed by atoms with E-state index in [9.17, 15) is 9.59 Å². The summed E-state index contributed by atoms with van der Waals surface area (Å²) in [6, 6.07) is 12.4. The quantitative estimate of drug-likeness (QED) is 0.681. The van der Waals surface area contributed by atoms with Crippen molar-refractivity contribution in [3.05, 3.63) is 46.4 Å². The normalized spacial score (nSPS) is 13.1. The molecule has 2 aromatic carbocycles. The molecule has 1 aliphatic rings. The van der Waals surface area contributed by atoms with E-state index in [2.05, 4.69) is 27.3 Å². The Labute approximate surface area is 177 Å². The van der Waals surface area contributed by atoms with Crippen molar-refractivity contribution in [1.29, 1.82) is 5.26 Å². The number of carbonyl (C=O) groups is 2. The van der Waals surface area contributed by atoms with Crippen LogP contribution in [-0.4, -0.2) is 31.6 Å². The molecular weight excluding hydrogens is 438 g/mol. The number of anilines is 2. The summed E-state index contributed by atoms with van der Waals surface area (Å²) in [6.45, 7) is 2.59. The molecule has 29 heavy (non-hydrogen) atoms. The topological polar surface area (TPSA) is 91.7 Å². The molecule has 7 nitrogen and oxygen atoms in total. The van der Waals surface area contributed by atoms with Gasteiger partial charge in [-0.1, -0.05) is 12.1 Å². The second-order valence-corrected chi connectivity index (χ2v) is 7.19. The van der Waals surface area contributed by atoms with Crippen LogP contribution in [0.5, 0.6) is 11.5 Å².